The minimum Gasteiger partial charge on any atom is -0.462 e. The molecule has 0 saturated heterocycles. The molecule has 0 fully saturated rings. The summed E-state index contributed by atoms with van der Waals surface area (Å²) in [6, 6.07) is 0.331. The number of rotatable bonds is 7. The van der Waals surface area contributed by atoms with Gasteiger partial charge in [-0.1, -0.05) is 13.8 Å². The summed E-state index contributed by atoms with van der Waals surface area (Å²) in [6.07, 6.45) is 2.14. The highest BCUT2D eigenvalue weighted by Gasteiger charge is 2.28. The molecule has 242 valence electrons. The maximum atomic E-state index is 12.5. The van der Waals surface area contributed by atoms with Gasteiger partial charge in [0.25, 0.3) is 6.47 Å². The van der Waals surface area contributed by atoms with Gasteiger partial charge in [0.2, 0.25) is 6.41 Å². The molecule has 0 spiro atoms. The van der Waals surface area contributed by atoms with Crippen molar-refractivity contribution in [1.29, 1.82) is 0 Å². The number of ether oxygens (including phenoxy) is 3. The molecular formula is C30H54BrN5O6. The van der Waals surface area contributed by atoms with Gasteiger partial charge in [-0.05, 0) is 111 Å². The Balaban J connectivity index is 0. The van der Waals surface area contributed by atoms with Gasteiger partial charge in [-0.25, -0.2) is 9.78 Å². The molecule has 0 saturated carbocycles. The number of aryl methyl sites for hydroxylation is 2. The van der Waals surface area contributed by atoms with E-state index in [9.17, 15) is 14.4 Å². The van der Waals surface area contributed by atoms with Gasteiger partial charge < -0.3 is 19.5 Å². The Hall–Kier alpha value is -2.57. The van der Waals surface area contributed by atoms with E-state index in [2.05, 4.69) is 43.0 Å². The van der Waals surface area contributed by atoms with Crippen molar-refractivity contribution >= 4 is 51.6 Å². The molecule has 0 aliphatic carbocycles. The van der Waals surface area contributed by atoms with Crippen molar-refractivity contribution in [3.63, 3.8) is 0 Å². The van der Waals surface area contributed by atoms with E-state index in [1.54, 1.807) is 34.1 Å². The number of nitrogens with one attached hydrogen (secondary N) is 1. The lowest BCUT2D eigenvalue weighted by Crippen LogP contribution is -2.36. The molecule has 1 atom stereocenters. The van der Waals surface area contributed by atoms with Crippen LogP contribution in [0.3, 0.4) is 0 Å². The van der Waals surface area contributed by atoms with E-state index in [4.69, 9.17) is 9.47 Å². The van der Waals surface area contributed by atoms with Crippen LogP contribution in [0.4, 0.5) is 10.6 Å². The van der Waals surface area contributed by atoms with Crippen LogP contribution in [-0.4, -0.2) is 70.7 Å². The van der Waals surface area contributed by atoms with Crippen LogP contribution in [0, 0.1) is 6.92 Å². The quantitative estimate of drug-likeness (QED) is 0.319. The van der Waals surface area contributed by atoms with Crippen LogP contribution in [0.25, 0.3) is 10.9 Å². The predicted octanol–water partition coefficient (Wildman–Crippen LogP) is 6.81. The average molecular weight is 661 g/mol. The van der Waals surface area contributed by atoms with E-state index in [1.807, 2.05) is 74.0 Å². The Bertz CT molecular complexity index is 1100. The Morgan fingerprint density at radius 2 is 1.60 bits per heavy atom. The second kappa shape index (κ2) is 18.9. The van der Waals surface area contributed by atoms with E-state index in [0.717, 1.165) is 22.4 Å². The number of amides is 2. The molecule has 0 aromatic carbocycles. The predicted molar refractivity (Wildman–Crippen MR) is 173 cm³/mol. The van der Waals surface area contributed by atoms with Crippen LogP contribution in [0.15, 0.2) is 10.8 Å². The lowest BCUT2D eigenvalue weighted by atomic mass is 10.2. The number of imide groups is 1. The highest BCUT2D eigenvalue weighted by Crippen LogP contribution is 2.33. The van der Waals surface area contributed by atoms with Crippen molar-refractivity contribution in [2.75, 3.05) is 19.1 Å². The van der Waals surface area contributed by atoms with Crippen LogP contribution in [0.5, 0.6) is 0 Å². The summed E-state index contributed by atoms with van der Waals surface area (Å²) in [5.74, 6) is 0.194. The number of anilines is 1. The molecule has 2 aromatic rings. The maximum Gasteiger partial charge on any atom is 0.422 e. The first-order chi connectivity index (χ1) is 19.2. The lowest BCUT2D eigenvalue weighted by molar-refractivity contribution is -0.138. The summed E-state index contributed by atoms with van der Waals surface area (Å²) in [4.78, 5) is 38.9. The number of carbonyl (C=O) groups excluding carboxylic acids is 3. The van der Waals surface area contributed by atoms with E-state index < -0.39 is 11.7 Å². The fourth-order valence-corrected chi connectivity index (χ4v) is 3.31. The molecule has 0 radical (unpaired) electrons. The molecule has 1 N–H and O–H groups in total. The fraction of sp³-hybridized carbons (Fsp3) is 0.700. The van der Waals surface area contributed by atoms with Crippen molar-refractivity contribution in [1.82, 2.24) is 20.1 Å². The molecular weight excluding hydrogens is 606 g/mol. The summed E-state index contributed by atoms with van der Waals surface area (Å²) in [5.41, 5.74) is 0.721. The second-order valence-electron chi connectivity index (χ2n) is 12.1. The number of halogens is 1. The number of carbonyl (C=O) groups is 3. The van der Waals surface area contributed by atoms with Crippen molar-refractivity contribution in [3.05, 3.63) is 16.4 Å². The zero-order chi connectivity index (χ0) is 33.5. The largest absolute Gasteiger partial charge is 0.462 e. The number of hydrogen-bond acceptors (Lipinski definition) is 9. The number of hydrogen-bond donors (Lipinski definition) is 1. The van der Waals surface area contributed by atoms with Crippen LogP contribution in [0.1, 0.15) is 95.1 Å². The van der Waals surface area contributed by atoms with Gasteiger partial charge in [0, 0.05) is 25.9 Å². The zero-order valence-electron chi connectivity index (χ0n) is 28.3. The SMILES string of the molecule is CC.CC(C)(C)OC=O.CNC(C)CCn1nc(Br)c2c(N(C=O)C(=O)OC(C)(C)C)ncc(C)c21.COC(C)(C)C. The first-order valence-corrected chi connectivity index (χ1v) is 14.8. The summed E-state index contributed by atoms with van der Waals surface area (Å²) >= 11 is 3.45. The smallest absolute Gasteiger partial charge is 0.422 e. The highest BCUT2D eigenvalue weighted by atomic mass is 79.9. The van der Waals surface area contributed by atoms with Gasteiger partial charge in [0.1, 0.15) is 15.8 Å². The number of fused-ring (bicyclic) bond motifs is 1. The third-order valence-electron chi connectivity index (χ3n) is 5.09. The first kappa shape index (κ1) is 41.6. The Morgan fingerprint density at radius 3 is 1.95 bits per heavy atom. The monoisotopic (exact) mass is 659 g/mol. The molecule has 2 heterocycles. The Labute approximate surface area is 261 Å². The standard InChI is InChI=1S/C18H26BrN5O3.C5H10O2.C5H12O.C2H6/c1-11-9-21-16(23(10-25)17(26)27-18(3,4)5)13-14(11)24(22-15(13)19)8-7-12(2)20-6;1-5(2,3)7-4-6;1-5(2,3)6-4;1-2/h9-10,12,20H,7-8H2,1-6H3;4H,1-3H3;1-4H3;1-2H3. The molecule has 2 amide bonds. The number of nitrogens with zero attached hydrogens (tertiary/aromatic N) is 4. The highest BCUT2D eigenvalue weighted by molar-refractivity contribution is 9.10. The van der Waals surface area contributed by atoms with Crippen molar-refractivity contribution in [2.24, 2.45) is 0 Å². The molecule has 42 heavy (non-hydrogen) atoms. The van der Waals surface area contributed by atoms with Gasteiger partial charge in [-0.15, -0.1) is 0 Å². The molecule has 1 unspecified atom stereocenters. The summed E-state index contributed by atoms with van der Waals surface area (Å²) in [6.45, 7) is 25.9. The van der Waals surface area contributed by atoms with Gasteiger partial charge in [0.05, 0.1) is 16.5 Å². The first-order valence-electron chi connectivity index (χ1n) is 14.0. The fourth-order valence-electron chi connectivity index (χ4n) is 2.75. The topological polar surface area (TPSA) is 125 Å². The minimum atomic E-state index is -0.779. The summed E-state index contributed by atoms with van der Waals surface area (Å²) in [7, 11) is 3.62. The third-order valence-corrected chi connectivity index (χ3v) is 5.65. The number of aromatic nitrogens is 3. The van der Waals surface area contributed by atoms with Crippen LogP contribution < -0.4 is 10.2 Å². The van der Waals surface area contributed by atoms with Crippen LogP contribution >= 0.6 is 15.9 Å². The Morgan fingerprint density at radius 1 is 1.07 bits per heavy atom. The summed E-state index contributed by atoms with van der Waals surface area (Å²) in [5, 5.41) is 8.34. The molecule has 12 heteroatoms. The second-order valence-corrected chi connectivity index (χ2v) is 12.8. The van der Waals surface area contributed by atoms with E-state index >= 15 is 0 Å². The van der Waals surface area contributed by atoms with E-state index in [1.165, 1.54) is 0 Å². The molecule has 0 bridgehead atoms. The summed E-state index contributed by atoms with van der Waals surface area (Å²) < 4.78 is 17.2. The normalized spacial score (nSPS) is 11.9. The zero-order valence-corrected chi connectivity index (χ0v) is 29.9. The van der Waals surface area contributed by atoms with Crippen LogP contribution in [0.2, 0.25) is 0 Å². The van der Waals surface area contributed by atoms with Gasteiger partial charge in [-0.2, -0.15) is 10.00 Å². The van der Waals surface area contributed by atoms with Crippen molar-refractivity contribution in [2.45, 2.75) is 126 Å². The minimum absolute atomic E-state index is 0.0417. The van der Waals surface area contributed by atoms with Crippen LogP contribution in [-0.2, 0) is 30.3 Å². The Kier molecular flexibility index (Phi) is 18.7. The number of pyridine rings is 1. The molecule has 0 aliphatic heterocycles. The van der Waals surface area contributed by atoms with Gasteiger partial charge >= 0.3 is 6.09 Å². The van der Waals surface area contributed by atoms with Gasteiger partial charge in [0.15, 0.2) is 5.82 Å². The maximum absolute atomic E-state index is 12.5. The molecule has 0 aliphatic rings. The number of methoxy groups -OCH3 is 1. The molecule has 11 nitrogen and oxygen atoms in total. The van der Waals surface area contributed by atoms with Crippen molar-refractivity contribution in [3.8, 4) is 0 Å². The van der Waals surface area contributed by atoms with Gasteiger partial charge in [-0.3, -0.25) is 14.3 Å². The van der Waals surface area contributed by atoms with E-state index in [-0.39, 0.29) is 17.0 Å². The third kappa shape index (κ3) is 16.2. The lowest BCUT2D eigenvalue weighted by Gasteiger charge is -2.23. The molecule has 2 rings (SSSR count). The van der Waals surface area contributed by atoms with Crippen molar-refractivity contribution < 1.29 is 28.6 Å². The average Bonchev–Trinajstić information content (AvgIpc) is 3.21. The van der Waals surface area contributed by atoms with E-state index in [0.29, 0.717) is 35.5 Å². The molecule has 2 aromatic heterocycles.